The van der Waals surface area contributed by atoms with Crippen LogP contribution in [0.1, 0.15) is 27.2 Å². The second-order valence-electron chi connectivity index (χ2n) is 8.91. The Hall–Kier alpha value is -4.19. The van der Waals surface area contributed by atoms with E-state index >= 15 is 0 Å². The van der Waals surface area contributed by atoms with Gasteiger partial charge in [-0.1, -0.05) is 0 Å². The van der Waals surface area contributed by atoms with E-state index in [4.69, 9.17) is 9.47 Å². The molecule has 0 spiro atoms. The number of sulfone groups is 1. The molecule has 12 heteroatoms. The van der Waals surface area contributed by atoms with Gasteiger partial charge >= 0.3 is 12.1 Å². The van der Waals surface area contributed by atoms with Gasteiger partial charge in [0.1, 0.15) is 24.0 Å². The Kier molecular flexibility index (Phi) is 7.75. The van der Waals surface area contributed by atoms with Crippen LogP contribution in [0.2, 0.25) is 0 Å². The number of aromatic nitrogens is 1. The second-order valence-corrected chi connectivity index (χ2v) is 10.9. The monoisotopic (exact) mass is 579 g/mol. The Morgan fingerprint density at radius 2 is 1.68 bits per heavy atom. The lowest BCUT2D eigenvalue weighted by atomic mass is 10.1. The summed E-state index contributed by atoms with van der Waals surface area (Å²) < 4.78 is 105. The van der Waals surface area contributed by atoms with Gasteiger partial charge in [0.05, 0.1) is 28.8 Å². The van der Waals surface area contributed by atoms with Gasteiger partial charge in [-0.05, 0) is 67.6 Å². The molecule has 0 aliphatic carbocycles. The molecular formula is C28H22F5NO5S. The molecule has 1 aromatic heterocycles. The first-order valence-electron chi connectivity index (χ1n) is 11.6. The molecule has 0 saturated heterocycles. The Balaban J connectivity index is 1.91. The first kappa shape index (κ1) is 28.8. The van der Waals surface area contributed by atoms with E-state index in [1.807, 2.05) is 0 Å². The quantitative estimate of drug-likeness (QED) is 0.184. The fourth-order valence-electron chi connectivity index (χ4n) is 4.08. The average Bonchev–Trinajstić information content (AvgIpc) is 3.27. The minimum absolute atomic E-state index is 0.0256. The zero-order chi connectivity index (χ0) is 29.4. The third-order valence-electron chi connectivity index (χ3n) is 6.06. The molecular weight excluding hydrogens is 557 g/mol. The van der Waals surface area contributed by atoms with Crippen LogP contribution in [0.25, 0.3) is 16.9 Å². The van der Waals surface area contributed by atoms with Crippen molar-refractivity contribution >= 4 is 15.8 Å². The van der Waals surface area contributed by atoms with Crippen LogP contribution in [-0.2, 0) is 27.4 Å². The summed E-state index contributed by atoms with van der Waals surface area (Å²) >= 11 is 0. The van der Waals surface area contributed by atoms with Crippen LogP contribution in [0.5, 0.6) is 5.75 Å². The highest BCUT2D eigenvalue weighted by Crippen LogP contribution is 2.39. The third kappa shape index (κ3) is 6.01. The van der Waals surface area contributed by atoms with Crippen molar-refractivity contribution in [1.29, 1.82) is 0 Å². The third-order valence-corrected chi connectivity index (χ3v) is 7.15. The summed E-state index contributed by atoms with van der Waals surface area (Å²) in [4.78, 5) is 12.1. The highest BCUT2D eigenvalue weighted by Gasteiger charge is 2.32. The van der Waals surface area contributed by atoms with Crippen LogP contribution in [0, 0.1) is 18.6 Å². The summed E-state index contributed by atoms with van der Waals surface area (Å²) in [6.45, 7) is 1.22. The van der Waals surface area contributed by atoms with Gasteiger partial charge in [-0.2, -0.15) is 13.2 Å². The number of aryl methyl sites for hydroxylation is 1. The average molecular weight is 580 g/mol. The number of carbonyl (C=O) groups is 1. The van der Waals surface area contributed by atoms with Gasteiger partial charge in [0, 0.05) is 34.8 Å². The van der Waals surface area contributed by atoms with Crippen molar-refractivity contribution in [3.63, 3.8) is 0 Å². The van der Waals surface area contributed by atoms with Crippen LogP contribution in [-0.4, -0.2) is 32.3 Å². The number of ether oxygens (including phenoxy) is 2. The van der Waals surface area contributed by atoms with E-state index in [0.29, 0.717) is 11.8 Å². The van der Waals surface area contributed by atoms with Gasteiger partial charge in [0.15, 0.2) is 9.84 Å². The van der Waals surface area contributed by atoms with Gasteiger partial charge in [-0.3, -0.25) is 0 Å². The van der Waals surface area contributed by atoms with Gasteiger partial charge < -0.3 is 14.0 Å². The maximum atomic E-state index is 14.2. The number of nitrogens with zero attached hydrogens (tertiary/aromatic N) is 1. The van der Waals surface area contributed by atoms with Crippen LogP contribution < -0.4 is 4.74 Å². The number of halogens is 5. The Bertz CT molecular complexity index is 1710. The normalized spacial score (nSPS) is 11.9. The molecule has 0 amide bonds. The fraction of sp³-hybridized carbons (Fsp3) is 0.179. The van der Waals surface area contributed by atoms with Crippen molar-refractivity contribution in [3.05, 3.63) is 101 Å². The molecule has 1 heterocycles. The summed E-state index contributed by atoms with van der Waals surface area (Å²) in [7, 11) is -2.69. The summed E-state index contributed by atoms with van der Waals surface area (Å²) in [6.07, 6.45) is -3.76. The van der Waals surface area contributed by atoms with Crippen molar-refractivity contribution in [1.82, 2.24) is 4.57 Å². The summed E-state index contributed by atoms with van der Waals surface area (Å²) in [5.41, 5.74) is -0.338. The number of methoxy groups -OCH3 is 1. The predicted molar refractivity (Wildman–Crippen MR) is 136 cm³/mol. The maximum absolute atomic E-state index is 14.2. The lowest BCUT2D eigenvalue weighted by Gasteiger charge is -2.19. The zero-order valence-corrected chi connectivity index (χ0v) is 22.2. The minimum Gasteiger partial charge on any atom is -0.488 e. The number of carbonyl (C=O) groups excluding carboxylic acids is 1. The van der Waals surface area contributed by atoms with E-state index in [1.54, 1.807) is 13.0 Å². The number of benzene rings is 3. The van der Waals surface area contributed by atoms with Gasteiger partial charge in [-0.25, -0.2) is 22.0 Å². The molecule has 0 aliphatic heterocycles. The Morgan fingerprint density at radius 1 is 0.950 bits per heavy atom. The van der Waals surface area contributed by atoms with E-state index in [9.17, 15) is 35.2 Å². The number of alkyl halides is 3. The Labute approximate surface area is 226 Å². The molecule has 4 rings (SSSR count). The van der Waals surface area contributed by atoms with Crippen molar-refractivity contribution < 1.29 is 44.6 Å². The standard InChI is InChI=1S/C28H22F5NO5S/c1-16-4-8-25(34(16)21-10-18(27(35)38-2)11-22(14-21)40(3,36)37)23-12-19(28(31,32)33)6-9-26(23)39-15-17-5-7-20(29)13-24(17)30/h4-14H,15H2,1-3H3. The highest BCUT2D eigenvalue weighted by atomic mass is 32.2. The first-order valence-corrected chi connectivity index (χ1v) is 13.5. The highest BCUT2D eigenvalue weighted by molar-refractivity contribution is 7.90. The van der Waals surface area contributed by atoms with Crippen molar-refractivity contribution in [3.8, 4) is 22.7 Å². The zero-order valence-electron chi connectivity index (χ0n) is 21.3. The van der Waals surface area contributed by atoms with Gasteiger partial charge in [-0.15, -0.1) is 0 Å². The van der Waals surface area contributed by atoms with Crippen LogP contribution in [0.15, 0.2) is 71.6 Å². The molecule has 40 heavy (non-hydrogen) atoms. The van der Waals surface area contributed by atoms with Crippen LogP contribution in [0.3, 0.4) is 0 Å². The molecule has 0 fully saturated rings. The molecule has 4 aromatic rings. The molecule has 0 N–H and O–H groups in total. The number of hydrogen-bond donors (Lipinski definition) is 0. The van der Waals surface area contributed by atoms with Crippen molar-refractivity contribution in [2.24, 2.45) is 0 Å². The SMILES string of the molecule is COC(=O)c1cc(-n2c(C)ccc2-c2cc(C(F)(F)F)ccc2OCc2ccc(F)cc2F)cc(S(C)(=O)=O)c1. The van der Waals surface area contributed by atoms with Crippen LogP contribution >= 0.6 is 0 Å². The molecule has 0 radical (unpaired) electrons. The molecule has 0 unspecified atom stereocenters. The number of esters is 1. The first-order chi connectivity index (χ1) is 18.7. The molecule has 0 aliphatic rings. The van der Waals surface area contributed by atoms with E-state index in [-0.39, 0.29) is 38.7 Å². The topological polar surface area (TPSA) is 74.6 Å². The van der Waals surface area contributed by atoms with Crippen molar-refractivity contribution in [2.75, 3.05) is 13.4 Å². The summed E-state index contributed by atoms with van der Waals surface area (Å²) in [5, 5.41) is 0. The van der Waals surface area contributed by atoms with E-state index in [0.717, 1.165) is 49.8 Å². The maximum Gasteiger partial charge on any atom is 0.416 e. The lowest BCUT2D eigenvalue weighted by Crippen LogP contribution is -2.10. The summed E-state index contributed by atoms with van der Waals surface area (Å²) in [5.74, 6) is -2.56. The molecule has 0 atom stereocenters. The van der Waals surface area contributed by atoms with Crippen LogP contribution in [0.4, 0.5) is 22.0 Å². The van der Waals surface area contributed by atoms with E-state index < -0.39 is 45.8 Å². The van der Waals surface area contributed by atoms with E-state index in [1.165, 1.54) is 22.8 Å². The largest absolute Gasteiger partial charge is 0.488 e. The Morgan fingerprint density at radius 3 is 2.30 bits per heavy atom. The van der Waals surface area contributed by atoms with Gasteiger partial charge in [0.25, 0.3) is 0 Å². The second kappa shape index (κ2) is 10.8. The molecule has 210 valence electrons. The van der Waals surface area contributed by atoms with Crippen molar-refractivity contribution in [2.45, 2.75) is 24.6 Å². The lowest BCUT2D eigenvalue weighted by molar-refractivity contribution is -0.137. The molecule has 6 nitrogen and oxygen atoms in total. The summed E-state index contributed by atoms with van der Waals surface area (Å²) in [6, 6.07) is 12.4. The minimum atomic E-state index is -4.71. The molecule has 0 bridgehead atoms. The smallest absolute Gasteiger partial charge is 0.416 e. The predicted octanol–water partition coefficient (Wildman–Crippen LogP) is 6.52. The molecule has 3 aromatic carbocycles. The molecule has 0 saturated carbocycles. The van der Waals surface area contributed by atoms with E-state index in [2.05, 4.69) is 0 Å². The number of hydrogen-bond acceptors (Lipinski definition) is 5. The fourth-order valence-corrected chi connectivity index (χ4v) is 4.76. The van der Waals surface area contributed by atoms with Gasteiger partial charge in [0.2, 0.25) is 0 Å². The number of rotatable bonds is 7.